The number of hydrogen-bond donors (Lipinski definition) is 2. The van der Waals surface area contributed by atoms with Crippen LogP contribution in [0.3, 0.4) is 0 Å². The van der Waals surface area contributed by atoms with Gasteiger partial charge in [-0.3, -0.25) is 14.9 Å². The Morgan fingerprint density at radius 1 is 1.42 bits per heavy atom. The van der Waals surface area contributed by atoms with Gasteiger partial charge in [-0.15, -0.1) is 0 Å². The summed E-state index contributed by atoms with van der Waals surface area (Å²) in [6.45, 7) is 3.30. The second kappa shape index (κ2) is 4.83. The van der Waals surface area contributed by atoms with Gasteiger partial charge in [0.2, 0.25) is 5.91 Å². The number of carbonyl (C=O) groups is 2. The molecule has 19 heavy (non-hydrogen) atoms. The first kappa shape index (κ1) is 13.8. The van der Waals surface area contributed by atoms with E-state index in [1.807, 2.05) is 0 Å². The van der Waals surface area contributed by atoms with Crippen molar-refractivity contribution in [3.8, 4) is 0 Å². The molecule has 0 atom stereocenters. The number of carbonyl (C=O) groups excluding carboxylic acids is 2. The Kier molecular flexibility index (Phi) is 3.52. The highest BCUT2D eigenvalue weighted by molar-refractivity contribution is 6.31. The fourth-order valence-electron chi connectivity index (χ4n) is 2.09. The number of halogens is 1. The maximum Gasteiger partial charge on any atom is 0.251 e. The molecule has 0 radical (unpaired) electrons. The molecule has 0 spiro atoms. The number of aliphatic hydroxyl groups is 1. The molecule has 1 aliphatic rings. The molecule has 102 valence electrons. The first-order valence-electron chi connectivity index (χ1n) is 5.87. The highest BCUT2D eigenvalue weighted by Gasteiger charge is 2.41. The number of hydrogen-bond acceptors (Lipinski definition) is 4. The summed E-state index contributed by atoms with van der Waals surface area (Å²) in [6, 6.07) is 5.00. The number of rotatable bonds is 2. The third-order valence-electron chi connectivity index (χ3n) is 3.29. The van der Waals surface area contributed by atoms with Crippen LogP contribution in [0, 0.1) is 0 Å². The Balaban J connectivity index is 2.52. The van der Waals surface area contributed by atoms with E-state index in [0.717, 1.165) is 0 Å². The Hall–Kier alpha value is -1.59. The lowest BCUT2D eigenvalue weighted by molar-refractivity contribution is -0.135. The van der Waals surface area contributed by atoms with E-state index in [0.29, 0.717) is 16.3 Å². The van der Waals surface area contributed by atoms with Crippen molar-refractivity contribution in [2.24, 2.45) is 0 Å². The summed E-state index contributed by atoms with van der Waals surface area (Å²) in [7, 11) is 0. The van der Waals surface area contributed by atoms with E-state index in [4.69, 9.17) is 11.6 Å². The molecular weight excluding hydrogens is 268 g/mol. The number of imide groups is 1. The quantitative estimate of drug-likeness (QED) is 0.796. The van der Waals surface area contributed by atoms with E-state index in [2.05, 4.69) is 5.32 Å². The molecule has 0 unspecified atom stereocenters. The molecule has 2 amide bonds. The van der Waals surface area contributed by atoms with Crippen LogP contribution in [0.25, 0.3) is 0 Å². The maximum atomic E-state index is 11.9. The Bertz CT molecular complexity index is 543. The molecule has 2 rings (SSSR count). The molecule has 0 aromatic heterocycles. The van der Waals surface area contributed by atoms with E-state index in [1.54, 1.807) is 36.9 Å². The van der Waals surface area contributed by atoms with Crippen LogP contribution in [0.2, 0.25) is 5.02 Å². The van der Waals surface area contributed by atoms with Crippen molar-refractivity contribution < 1.29 is 14.7 Å². The molecule has 1 aromatic rings. The van der Waals surface area contributed by atoms with Gasteiger partial charge in [0, 0.05) is 16.3 Å². The van der Waals surface area contributed by atoms with Gasteiger partial charge < -0.3 is 10.0 Å². The van der Waals surface area contributed by atoms with Gasteiger partial charge in [-0.1, -0.05) is 17.7 Å². The van der Waals surface area contributed by atoms with Crippen molar-refractivity contribution in [1.82, 2.24) is 5.32 Å². The summed E-state index contributed by atoms with van der Waals surface area (Å²) in [5.74, 6) is -0.735. The molecule has 1 aromatic carbocycles. The van der Waals surface area contributed by atoms with Crippen LogP contribution in [-0.4, -0.2) is 29.0 Å². The van der Waals surface area contributed by atoms with Crippen molar-refractivity contribution in [1.29, 1.82) is 0 Å². The smallest absolute Gasteiger partial charge is 0.251 e. The topological polar surface area (TPSA) is 69.6 Å². The molecular formula is C13H15ClN2O3. The van der Waals surface area contributed by atoms with E-state index in [9.17, 15) is 14.7 Å². The van der Waals surface area contributed by atoms with Crippen molar-refractivity contribution in [2.75, 3.05) is 11.4 Å². The van der Waals surface area contributed by atoms with Gasteiger partial charge >= 0.3 is 0 Å². The van der Waals surface area contributed by atoms with Crippen molar-refractivity contribution in [3.05, 3.63) is 28.8 Å². The molecule has 1 heterocycles. The molecule has 1 saturated heterocycles. The van der Waals surface area contributed by atoms with Gasteiger partial charge in [-0.05, 0) is 26.0 Å². The average Bonchev–Trinajstić information content (AvgIpc) is 2.34. The van der Waals surface area contributed by atoms with Gasteiger partial charge in [-0.2, -0.15) is 0 Å². The zero-order valence-electron chi connectivity index (χ0n) is 10.7. The highest BCUT2D eigenvalue weighted by atomic mass is 35.5. The lowest BCUT2D eigenvalue weighted by atomic mass is 9.96. The minimum atomic E-state index is -0.886. The zero-order valence-corrected chi connectivity index (χ0v) is 11.5. The van der Waals surface area contributed by atoms with Crippen LogP contribution in [0.4, 0.5) is 5.69 Å². The average molecular weight is 283 g/mol. The first-order chi connectivity index (χ1) is 8.86. The molecule has 0 aliphatic carbocycles. The van der Waals surface area contributed by atoms with Gasteiger partial charge in [0.05, 0.1) is 13.2 Å². The number of anilines is 1. The highest BCUT2D eigenvalue weighted by Crippen LogP contribution is 2.31. The molecule has 1 fully saturated rings. The monoisotopic (exact) mass is 282 g/mol. The van der Waals surface area contributed by atoms with Crippen molar-refractivity contribution >= 4 is 29.1 Å². The van der Waals surface area contributed by atoms with Gasteiger partial charge in [-0.25, -0.2) is 0 Å². The number of aliphatic hydroxyl groups excluding tert-OH is 1. The Morgan fingerprint density at radius 2 is 2.11 bits per heavy atom. The first-order valence-corrected chi connectivity index (χ1v) is 6.25. The van der Waals surface area contributed by atoms with Crippen LogP contribution in [-0.2, 0) is 16.2 Å². The third kappa shape index (κ3) is 2.43. The number of nitrogens with one attached hydrogen (secondary N) is 1. The SMILES string of the molecule is CC1(C)C(=O)NC(=O)CN1c1cc(Cl)ccc1CO. The van der Waals surface area contributed by atoms with Crippen LogP contribution in [0.1, 0.15) is 19.4 Å². The summed E-state index contributed by atoms with van der Waals surface area (Å²) in [5.41, 5.74) is 0.339. The van der Waals surface area contributed by atoms with Crippen LogP contribution < -0.4 is 10.2 Å². The van der Waals surface area contributed by atoms with Crippen molar-refractivity contribution in [2.45, 2.75) is 26.0 Å². The number of amides is 2. The minimum Gasteiger partial charge on any atom is -0.392 e. The number of piperazine rings is 1. The summed E-state index contributed by atoms with van der Waals surface area (Å²) in [6.07, 6.45) is 0. The fourth-order valence-corrected chi connectivity index (χ4v) is 2.26. The second-order valence-corrected chi connectivity index (χ2v) is 5.39. The molecule has 5 nitrogen and oxygen atoms in total. The van der Waals surface area contributed by atoms with Crippen LogP contribution in [0.15, 0.2) is 18.2 Å². The van der Waals surface area contributed by atoms with Gasteiger partial charge in [0.25, 0.3) is 5.91 Å². The predicted octanol–water partition coefficient (Wildman–Crippen LogP) is 1.07. The largest absolute Gasteiger partial charge is 0.392 e. The van der Waals surface area contributed by atoms with Crippen LogP contribution >= 0.6 is 11.6 Å². The van der Waals surface area contributed by atoms with E-state index in [1.165, 1.54) is 0 Å². The zero-order chi connectivity index (χ0) is 14.2. The van der Waals surface area contributed by atoms with Gasteiger partial charge in [0.1, 0.15) is 5.54 Å². The predicted molar refractivity (Wildman–Crippen MR) is 71.9 cm³/mol. The maximum absolute atomic E-state index is 11.9. The number of benzene rings is 1. The third-order valence-corrected chi connectivity index (χ3v) is 3.53. The molecule has 0 saturated carbocycles. The van der Waals surface area contributed by atoms with E-state index >= 15 is 0 Å². The van der Waals surface area contributed by atoms with E-state index in [-0.39, 0.29) is 25.0 Å². The minimum absolute atomic E-state index is 0.0477. The summed E-state index contributed by atoms with van der Waals surface area (Å²) in [4.78, 5) is 25.1. The van der Waals surface area contributed by atoms with Gasteiger partial charge in [0.15, 0.2) is 0 Å². The summed E-state index contributed by atoms with van der Waals surface area (Å²) in [5, 5.41) is 12.2. The summed E-state index contributed by atoms with van der Waals surface area (Å²) < 4.78 is 0. The lowest BCUT2D eigenvalue weighted by Crippen LogP contribution is -2.64. The van der Waals surface area contributed by atoms with Crippen LogP contribution in [0.5, 0.6) is 0 Å². The molecule has 1 aliphatic heterocycles. The Morgan fingerprint density at radius 3 is 2.74 bits per heavy atom. The summed E-state index contributed by atoms with van der Waals surface area (Å²) >= 11 is 5.97. The van der Waals surface area contributed by atoms with Crippen molar-refractivity contribution in [3.63, 3.8) is 0 Å². The lowest BCUT2D eigenvalue weighted by Gasteiger charge is -2.42. The number of nitrogens with zero attached hydrogens (tertiary/aromatic N) is 1. The molecule has 0 bridgehead atoms. The fraction of sp³-hybridized carbons (Fsp3) is 0.385. The van der Waals surface area contributed by atoms with E-state index < -0.39 is 5.54 Å². The second-order valence-electron chi connectivity index (χ2n) is 4.95. The molecule has 6 heteroatoms. The Labute approximate surface area is 116 Å². The normalized spacial score (nSPS) is 18.4. The molecule has 2 N–H and O–H groups in total. The standard InChI is InChI=1S/C13H15ClN2O3/c1-13(2)12(19)15-11(18)6-16(13)10-5-9(14)4-3-8(10)7-17/h3-5,17H,6-7H2,1-2H3,(H,15,18,19).